The Morgan fingerprint density at radius 3 is 1.95 bits per heavy atom. The zero-order chi connectivity index (χ0) is 28.2. The lowest BCUT2D eigenvalue weighted by atomic mass is 10.0. The normalized spacial score (nSPS) is 13.5. The third kappa shape index (κ3) is 5.46. The molecule has 5 rings (SSSR count). The highest BCUT2D eigenvalue weighted by molar-refractivity contribution is 14.1. The SMILES string of the molecule is COc1cc(C=C2C(=O)N(c3ccccc3)C(=O)N(c3ccccc3)C2=O)cc(I)c1OCc1cccc(F)c1. The van der Waals surface area contributed by atoms with Gasteiger partial charge in [-0.1, -0.05) is 48.5 Å². The van der Waals surface area contributed by atoms with E-state index in [1.807, 2.05) is 0 Å². The van der Waals surface area contributed by atoms with Gasteiger partial charge < -0.3 is 9.47 Å². The number of nitrogens with zero attached hydrogens (tertiary/aromatic N) is 2. The van der Waals surface area contributed by atoms with E-state index in [1.165, 1.54) is 25.3 Å². The Hall–Kier alpha value is -4.51. The minimum Gasteiger partial charge on any atom is -0.493 e. The van der Waals surface area contributed by atoms with Crippen LogP contribution < -0.4 is 19.3 Å². The third-order valence-corrected chi connectivity index (χ3v) is 6.91. The predicted octanol–water partition coefficient (Wildman–Crippen LogP) is 6.60. The van der Waals surface area contributed by atoms with Gasteiger partial charge in [0.2, 0.25) is 0 Å². The minimum atomic E-state index is -0.766. The molecule has 0 radical (unpaired) electrons. The summed E-state index contributed by atoms with van der Waals surface area (Å²) in [5, 5.41) is 0. The number of amides is 4. The number of methoxy groups -OCH3 is 1. The number of urea groups is 1. The fraction of sp³-hybridized carbons (Fsp3) is 0.0645. The van der Waals surface area contributed by atoms with Crippen molar-refractivity contribution in [2.45, 2.75) is 6.61 Å². The summed E-state index contributed by atoms with van der Waals surface area (Å²) in [4.78, 5) is 42.7. The van der Waals surface area contributed by atoms with Crippen molar-refractivity contribution in [3.8, 4) is 11.5 Å². The van der Waals surface area contributed by atoms with Crippen LogP contribution in [0.2, 0.25) is 0 Å². The van der Waals surface area contributed by atoms with Crippen LogP contribution in [0.5, 0.6) is 11.5 Å². The summed E-state index contributed by atoms with van der Waals surface area (Å²) in [5.74, 6) is -1.05. The first kappa shape index (κ1) is 27.1. The molecule has 7 nitrogen and oxygen atoms in total. The summed E-state index contributed by atoms with van der Waals surface area (Å²) < 4.78 is 25.7. The van der Waals surface area contributed by atoms with Crippen molar-refractivity contribution >= 4 is 57.9 Å². The molecular formula is C31H22FIN2O5. The third-order valence-electron chi connectivity index (χ3n) is 6.11. The quantitative estimate of drug-likeness (QED) is 0.128. The van der Waals surface area contributed by atoms with Crippen molar-refractivity contribution in [3.63, 3.8) is 0 Å². The van der Waals surface area contributed by atoms with Gasteiger partial charge in [-0.15, -0.1) is 0 Å². The lowest BCUT2D eigenvalue weighted by Crippen LogP contribution is -2.57. The fourth-order valence-corrected chi connectivity index (χ4v) is 5.03. The highest BCUT2D eigenvalue weighted by Crippen LogP contribution is 2.36. The number of halogens is 2. The van der Waals surface area contributed by atoms with E-state index >= 15 is 0 Å². The number of carbonyl (C=O) groups is 3. The summed E-state index contributed by atoms with van der Waals surface area (Å²) in [6, 6.07) is 25.6. The second-order valence-corrected chi connectivity index (χ2v) is 9.91. The number of para-hydroxylation sites is 2. The topological polar surface area (TPSA) is 76.2 Å². The van der Waals surface area contributed by atoms with Gasteiger partial charge in [0.25, 0.3) is 11.8 Å². The van der Waals surface area contributed by atoms with Crippen molar-refractivity contribution in [2.24, 2.45) is 0 Å². The maximum absolute atomic E-state index is 13.6. The van der Waals surface area contributed by atoms with Gasteiger partial charge in [-0.3, -0.25) is 9.59 Å². The molecule has 1 aliphatic rings. The first-order valence-corrected chi connectivity index (χ1v) is 13.2. The number of ether oxygens (including phenoxy) is 2. The van der Waals surface area contributed by atoms with Crippen LogP contribution in [0, 0.1) is 9.39 Å². The largest absolute Gasteiger partial charge is 0.493 e. The molecule has 0 atom stereocenters. The maximum atomic E-state index is 13.6. The number of barbiturate groups is 1. The molecule has 4 aromatic rings. The molecule has 4 amide bonds. The van der Waals surface area contributed by atoms with Gasteiger partial charge in [-0.05, 0) is 88.3 Å². The summed E-state index contributed by atoms with van der Waals surface area (Å²) in [6.45, 7) is 0.113. The van der Waals surface area contributed by atoms with Crippen LogP contribution >= 0.6 is 22.6 Å². The van der Waals surface area contributed by atoms with E-state index in [4.69, 9.17) is 9.47 Å². The molecule has 1 fully saturated rings. The second kappa shape index (κ2) is 11.7. The highest BCUT2D eigenvalue weighted by Gasteiger charge is 2.43. The van der Waals surface area contributed by atoms with E-state index in [2.05, 4.69) is 22.6 Å². The molecule has 0 aromatic heterocycles. The Labute approximate surface area is 243 Å². The molecule has 1 heterocycles. The van der Waals surface area contributed by atoms with Crippen LogP contribution in [0.25, 0.3) is 6.08 Å². The first-order valence-electron chi connectivity index (χ1n) is 12.2. The molecule has 200 valence electrons. The number of hydrogen-bond donors (Lipinski definition) is 0. The van der Waals surface area contributed by atoms with Crippen molar-refractivity contribution in [1.29, 1.82) is 0 Å². The van der Waals surface area contributed by atoms with Crippen LogP contribution in [-0.2, 0) is 16.2 Å². The van der Waals surface area contributed by atoms with E-state index in [-0.39, 0.29) is 18.0 Å². The number of anilines is 2. The van der Waals surface area contributed by atoms with Gasteiger partial charge >= 0.3 is 6.03 Å². The standard InChI is InChI=1S/C31H22FIN2O5/c1-39-27-18-21(17-26(33)28(27)40-19-20-9-8-10-22(32)15-20)16-25-29(36)34(23-11-4-2-5-12-23)31(38)35(30(25)37)24-13-6-3-7-14-24/h2-18H,19H2,1H3. The molecule has 40 heavy (non-hydrogen) atoms. The first-order chi connectivity index (χ1) is 19.4. The molecule has 0 N–H and O–H groups in total. The number of hydrogen-bond acceptors (Lipinski definition) is 5. The van der Waals surface area contributed by atoms with Gasteiger partial charge in [0, 0.05) is 0 Å². The van der Waals surface area contributed by atoms with E-state index in [0.29, 0.717) is 37.6 Å². The van der Waals surface area contributed by atoms with Gasteiger partial charge in [0.15, 0.2) is 11.5 Å². The van der Waals surface area contributed by atoms with Crippen molar-refractivity contribution in [1.82, 2.24) is 0 Å². The van der Waals surface area contributed by atoms with Gasteiger partial charge in [0.05, 0.1) is 22.1 Å². The van der Waals surface area contributed by atoms with Crippen LogP contribution in [-0.4, -0.2) is 25.0 Å². The summed E-state index contributed by atoms with van der Waals surface area (Å²) in [5.41, 5.74) is 1.62. The second-order valence-electron chi connectivity index (χ2n) is 8.75. The Morgan fingerprint density at radius 2 is 1.40 bits per heavy atom. The molecule has 0 aliphatic carbocycles. The molecule has 0 spiro atoms. The average molecular weight is 648 g/mol. The lowest BCUT2D eigenvalue weighted by Gasteiger charge is -2.34. The van der Waals surface area contributed by atoms with Gasteiger partial charge in [-0.2, -0.15) is 0 Å². The van der Waals surface area contributed by atoms with Crippen molar-refractivity contribution in [3.05, 3.63) is 123 Å². The lowest BCUT2D eigenvalue weighted by molar-refractivity contribution is -0.121. The molecule has 0 unspecified atom stereocenters. The molecule has 1 aliphatic heterocycles. The zero-order valence-corrected chi connectivity index (χ0v) is 23.4. The summed E-state index contributed by atoms with van der Waals surface area (Å²) in [7, 11) is 1.47. The van der Waals surface area contributed by atoms with E-state index < -0.39 is 17.8 Å². The number of rotatable bonds is 7. The predicted molar refractivity (Wildman–Crippen MR) is 158 cm³/mol. The number of carbonyl (C=O) groups excluding carboxylic acids is 3. The molecule has 0 saturated carbocycles. The Kier molecular flexibility index (Phi) is 7.92. The van der Waals surface area contributed by atoms with Crippen molar-refractivity contribution in [2.75, 3.05) is 16.9 Å². The van der Waals surface area contributed by atoms with Gasteiger partial charge in [-0.25, -0.2) is 19.0 Å². The summed E-state index contributed by atoms with van der Waals surface area (Å²) in [6.07, 6.45) is 1.43. The molecule has 4 aromatic carbocycles. The fourth-order valence-electron chi connectivity index (χ4n) is 4.25. The Bertz CT molecular complexity index is 1560. The molecule has 9 heteroatoms. The Balaban J connectivity index is 1.54. The van der Waals surface area contributed by atoms with Gasteiger partial charge in [0.1, 0.15) is 18.0 Å². The molecule has 0 bridgehead atoms. The van der Waals surface area contributed by atoms with E-state index in [9.17, 15) is 18.8 Å². The monoisotopic (exact) mass is 648 g/mol. The van der Waals surface area contributed by atoms with Crippen LogP contribution in [0.1, 0.15) is 11.1 Å². The summed E-state index contributed by atoms with van der Waals surface area (Å²) >= 11 is 2.07. The van der Waals surface area contributed by atoms with Crippen LogP contribution in [0.3, 0.4) is 0 Å². The maximum Gasteiger partial charge on any atom is 0.343 e. The van der Waals surface area contributed by atoms with E-state index in [1.54, 1.807) is 84.9 Å². The smallest absolute Gasteiger partial charge is 0.343 e. The zero-order valence-electron chi connectivity index (χ0n) is 21.2. The van der Waals surface area contributed by atoms with Crippen LogP contribution in [0.15, 0.2) is 103 Å². The Morgan fingerprint density at radius 1 is 0.800 bits per heavy atom. The van der Waals surface area contributed by atoms with E-state index in [0.717, 1.165) is 9.80 Å². The average Bonchev–Trinajstić information content (AvgIpc) is 2.96. The highest BCUT2D eigenvalue weighted by atomic mass is 127. The minimum absolute atomic E-state index is 0.113. The number of imide groups is 2. The molecular weight excluding hydrogens is 626 g/mol. The van der Waals surface area contributed by atoms with Crippen molar-refractivity contribution < 1.29 is 28.2 Å². The van der Waals surface area contributed by atoms with Crippen LogP contribution in [0.4, 0.5) is 20.6 Å². The molecule has 1 saturated heterocycles. The number of benzene rings is 4.